The lowest BCUT2D eigenvalue weighted by molar-refractivity contribution is 0.600. The van der Waals surface area contributed by atoms with E-state index in [4.69, 9.17) is 12.2 Å². The van der Waals surface area contributed by atoms with Crippen LogP contribution in [0.3, 0.4) is 0 Å². The van der Waals surface area contributed by atoms with E-state index in [2.05, 4.69) is 29.1 Å². The van der Waals surface area contributed by atoms with Crippen LogP contribution < -0.4 is 0 Å². The lowest BCUT2D eigenvalue weighted by Crippen LogP contribution is -2.07. The zero-order valence-corrected chi connectivity index (χ0v) is 8.38. The molecular weight excluding hydrogens is 184 g/mol. The third kappa shape index (κ3) is 1.29. The van der Waals surface area contributed by atoms with E-state index in [0.717, 1.165) is 16.4 Å². The third-order valence-electron chi connectivity index (χ3n) is 1.97. The number of fused-ring (bicyclic) bond motifs is 1. The lowest BCUT2D eigenvalue weighted by Gasteiger charge is -2.10. The van der Waals surface area contributed by atoms with Crippen molar-refractivity contribution < 1.29 is 0 Å². The van der Waals surface area contributed by atoms with Gasteiger partial charge in [-0.3, -0.25) is 0 Å². The molecule has 0 saturated carbocycles. The van der Waals surface area contributed by atoms with Gasteiger partial charge >= 0.3 is 0 Å². The van der Waals surface area contributed by atoms with Gasteiger partial charge in [-0.25, -0.2) is 4.98 Å². The van der Waals surface area contributed by atoms with Crippen LogP contribution in [0.15, 0.2) is 16.6 Å². The molecule has 5 heteroatoms. The predicted octanol–water partition coefficient (Wildman–Crippen LogP) is 2.28. The van der Waals surface area contributed by atoms with Gasteiger partial charge in [-0.2, -0.15) is 5.11 Å². The Hall–Kier alpha value is -1.10. The molecule has 2 heterocycles. The molecule has 1 aliphatic heterocycles. The first-order chi connectivity index (χ1) is 6.20. The summed E-state index contributed by atoms with van der Waals surface area (Å²) < 4.78 is 1.98. The fourth-order valence-electron chi connectivity index (χ4n) is 1.27. The van der Waals surface area contributed by atoms with Crippen molar-refractivity contribution in [3.63, 3.8) is 0 Å². The largest absolute Gasteiger partial charge is 0.311 e. The van der Waals surface area contributed by atoms with Crippen molar-refractivity contribution in [1.29, 1.82) is 0 Å². The molecular formula is C8H10N4S. The zero-order chi connectivity index (χ0) is 9.42. The van der Waals surface area contributed by atoms with E-state index >= 15 is 0 Å². The number of hydrogen-bond acceptors (Lipinski definition) is 4. The molecule has 0 N–H and O–H groups in total. The highest BCUT2D eigenvalue weighted by Gasteiger charge is 2.19. The van der Waals surface area contributed by atoms with Crippen LogP contribution >= 0.6 is 12.2 Å². The number of thiocarbonyl (C=S) groups is 1. The number of imidazole rings is 1. The van der Waals surface area contributed by atoms with Crippen LogP contribution in [0.5, 0.6) is 0 Å². The molecule has 0 unspecified atom stereocenters. The summed E-state index contributed by atoms with van der Waals surface area (Å²) in [5.41, 5.74) is 0.818. The maximum absolute atomic E-state index is 5.13. The number of nitrogens with zero attached hydrogens (tertiary/aromatic N) is 4. The summed E-state index contributed by atoms with van der Waals surface area (Å²) in [6, 6.07) is 0.344. The van der Waals surface area contributed by atoms with E-state index in [0.29, 0.717) is 12.6 Å². The molecule has 0 amide bonds. The second kappa shape index (κ2) is 2.99. The van der Waals surface area contributed by atoms with Crippen LogP contribution in [0.1, 0.15) is 25.6 Å². The van der Waals surface area contributed by atoms with Crippen molar-refractivity contribution in [2.45, 2.75) is 19.9 Å². The molecule has 0 radical (unpaired) electrons. The SMILES string of the molecule is CC(C)n1cnc2c1N=NCC2=S. The van der Waals surface area contributed by atoms with Gasteiger partial charge in [0, 0.05) is 6.04 Å². The highest BCUT2D eigenvalue weighted by atomic mass is 32.1. The molecule has 0 bridgehead atoms. The second-order valence-electron chi connectivity index (χ2n) is 3.24. The van der Waals surface area contributed by atoms with Gasteiger partial charge in [-0.15, -0.1) is 5.11 Å². The smallest absolute Gasteiger partial charge is 0.183 e. The first kappa shape index (κ1) is 8.50. The van der Waals surface area contributed by atoms with E-state index in [1.54, 1.807) is 6.33 Å². The van der Waals surface area contributed by atoms with Crippen molar-refractivity contribution in [3.05, 3.63) is 12.0 Å². The standard InChI is InChI=1S/C8H10N4S/c1-5(2)12-4-9-7-6(13)3-10-11-8(7)12/h4-5H,3H2,1-2H3. The van der Waals surface area contributed by atoms with Gasteiger partial charge in [0.1, 0.15) is 5.69 Å². The van der Waals surface area contributed by atoms with E-state index in [1.165, 1.54) is 0 Å². The minimum atomic E-state index is 0.344. The Morgan fingerprint density at radius 1 is 1.54 bits per heavy atom. The highest BCUT2D eigenvalue weighted by Crippen LogP contribution is 2.26. The summed E-state index contributed by atoms with van der Waals surface area (Å²) in [5, 5.41) is 8.00. The molecule has 0 aromatic carbocycles. The Balaban J connectivity index is 2.55. The van der Waals surface area contributed by atoms with Gasteiger partial charge in [0.05, 0.1) is 17.7 Å². The normalized spacial score (nSPS) is 15.2. The Morgan fingerprint density at radius 2 is 2.31 bits per heavy atom. The topological polar surface area (TPSA) is 42.5 Å². The molecule has 0 fully saturated rings. The molecule has 1 aromatic rings. The molecule has 0 aliphatic carbocycles. The summed E-state index contributed by atoms with van der Waals surface area (Å²) in [5.74, 6) is 0.797. The van der Waals surface area contributed by atoms with E-state index in [9.17, 15) is 0 Å². The number of azo groups is 1. The van der Waals surface area contributed by atoms with E-state index in [1.807, 2.05) is 4.57 Å². The summed E-state index contributed by atoms with van der Waals surface area (Å²) >= 11 is 5.13. The maximum Gasteiger partial charge on any atom is 0.183 e. The average Bonchev–Trinajstić information content (AvgIpc) is 2.48. The molecule has 4 nitrogen and oxygen atoms in total. The fourth-order valence-corrected chi connectivity index (χ4v) is 1.47. The van der Waals surface area contributed by atoms with Gasteiger partial charge < -0.3 is 4.57 Å². The summed E-state index contributed by atoms with van der Waals surface area (Å²) in [7, 11) is 0. The second-order valence-corrected chi connectivity index (χ2v) is 3.73. The minimum absolute atomic E-state index is 0.344. The molecule has 13 heavy (non-hydrogen) atoms. The minimum Gasteiger partial charge on any atom is -0.311 e. The Labute approximate surface area is 81.7 Å². The van der Waals surface area contributed by atoms with E-state index < -0.39 is 0 Å². The van der Waals surface area contributed by atoms with Crippen LogP contribution in [0, 0.1) is 0 Å². The highest BCUT2D eigenvalue weighted by molar-refractivity contribution is 7.81. The molecule has 68 valence electrons. The zero-order valence-electron chi connectivity index (χ0n) is 7.56. The van der Waals surface area contributed by atoms with Crippen LogP contribution in [-0.4, -0.2) is 21.0 Å². The molecule has 0 atom stereocenters. The Kier molecular flexibility index (Phi) is 1.95. The van der Waals surface area contributed by atoms with Gasteiger partial charge in [-0.1, -0.05) is 12.2 Å². The first-order valence-electron chi connectivity index (χ1n) is 4.17. The first-order valence-corrected chi connectivity index (χ1v) is 4.58. The molecule has 0 saturated heterocycles. The van der Waals surface area contributed by atoms with Gasteiger partial charge in [-0.05, 0) is 13.8 Å². The quantitative estimate of drug-likeness (QED) is 0.644. The van der Waals surface area contributed by atoms with Crippen molar-refractivity contribution in [3.8, 4) is 0 Å². The summed E-state index contributed by atoms with van der Waals surface area (Å²) in [4.78, 5) is 5.01. The average molecular weight is 194 g/mol. The Morgan fingerprint density at radius 3 is 3.00 bits per heavy atom. The van der Waals surface area contributed by atoms with Crippen molar-refractivity contribution >= 4 is 22.9 Å². The van der Waals surface area contributed by atoms with E-state index in [-0.39, 0.29) is 0 Å². The summed E-state index contributed by atoms with van der Waals surface area (Å²) in [6.45, 7) is 4.65. The van der Waals surface area contributed by atoms with Crippen LogP contribution in [-0.2, 0) is 0 Å². The number of aromatic nitrogens is 2. The lowest BCUT2D eigenvalue weighted by atomic mass is 10.3. The Bertz CT molecular complexity index is 377. The molecule has 2 rings (SSSR count). The monoisotopic (exact) mass is 194 g/mol. The van der Waals surface area contributed by atoms with Crippen LogP contribution in [0.4, 0.5) is 5.82 Å². The van der Waals surface area contributed by atoms with Gasteiger partial charge in [0.25, 0.3) is 0 Å². The maximum atomic E-state index is 5.13. The fraction of sp³-hybridized carbons (Fsp3) is 0.500. The van der Waals surface area contributed by atoms with Gasteiger partial charge in [0.2, 0.25) is 0 Å². The molecule has 1 aliphatic rings. The number of rotatable bonds is 1. The molecule has 1 aromatic heterocycles. The summed E-state index contributed by atoms with van der Waals surface area (Å²) in [6.07, 6.45) is 1.77. The van der Waals surface area contributed by atoms with Crippen LogP contribution in [0.2, 0.25) is 0 Å². The predicted molar refractivity (Wildman–Crippen MR) is 53.7 cm³/mol. The number of hydrogen-bond donors (Lipinski definition) is 0. The van der Waals surface area contributed by atoms with Crippen molar-refractivity contribution in [2.75, 3.05) is 6.54 Å². The van der Waals surface area contributed by atoms with Gasteiger partial charge in [0.15, 0.2) is 5.82 Å². The van der Waals surface area contributed by atoms with Crippen LogP contribution in [0.25, 0.3) is 0 Å². The van der Waals surface area contributed by atoms with Crippen molar-refractivity contribution in [2.24, 2.45) is 10.2 Å². The molecule has 0 spiro atoms. The van der Waals surface area contributed by atoms with Crippen molar-refractivity contribution in [1.82, 2.24) is 9.55 Å². The third-order valence-corrected chi connectivity index (χ3v) is 2.29.